The monoisotopic (exact) mass is 153 g/mol. The van der Waals surface area contributed by atoms with Crippen molar-refractivity contribution in [2.75, 3.05) is 0 Å². The Morgan fingerprint density at radius 2 is 2.30 bits per heavy atom. The summed E-state index contributed by atoms with van der Waals surface area (Å²) in [7, 11) is 0. The lowest BCUT2D eigenvalue weighted by molar-refractivity contribution is 0.952. The van der Waals surface area contributed by atoms with Crippen molar-refractivity contribution < 1.29 is 0 Å². The molecular weight excluding hydrogens is 150 g/mol. The molecule has 10 heavy (non-hydrogen) atoms. The molecule has 0 saturated heterocycles. The fraction of sp³-hybridized carbons (Fsp3) is 0.167. The van der Waals surface area contributed by atoms with E-state index in [0.717, 1.165) is 0 Å². The van der Waals surface area contributed by atoms with Gasteiger partial charge in [0, 0.05) is 0 Å². The molecule has 0 fully saturated rings. The Labute approximate surface area is 63.3 Å². The summed E-state index contributed by atoms with van der Waals surface area (Å²) >= 11 is 5.46. The van der Waals surface area contributed by atoms with E-state index in [1.807, 2.05) is 6.07 Å². The summed E-state index contributed by atoms with van der Waals surface area (Å²) in [5.74, 6) is 0. The molecule has 0 saturated carbocycles. The van der Waals surface area contributed by atoms with Gasteiger partial charge in [0.15, 0.2) is 5.15 Å². The highest BCUT2D eigenvalue weighted by Crippen LogP contribution is 2.01. The third-order valence-electron chi connectivity index (χ3n) is 0.947. The second kappa shape index (κ2) is 3.14. The van der Waals surface area contributed by atoms with Crippen LogP contribution in [-0.4, -0.2) is 10.2 Å². The maximum Gasteiger partial charge on any atom is 0.151 e. The first-order chi connectivity index (χ1) is 4.83. The molecule has 1 rings (SSSR count). The molecule has 0 N–H and O–H groups in total. The minimum Gasteiger partial charge on any atom is -0.198 e. The molecular formula is C6H4ClN3. The molecule has 0 amide bonds. The molecule has 50 valence electrons. The SMILES string of the molecule is N#CCc1ccc(Cl)nn1. The Morgan fingerprint density at radius 3 is 2.80 bits per heavy atom. The van der Waals surface area contributed by atoms with E-state index in [0.29, 0.717) is 10.8 Å². The van der Waals surface area contributed by atoms with Crippen molar-refractivity contribution in [2.24, 2.45) is 0 Å². The molecule has 0 atom stereocenters. The van der Waals surface area contributed by atoms with E-state index in [2.05, 4.69) is 10.2 Å². The molecule has 0 aliphatic carbocycles. The van der Waals surface area contributed by atoms with Crippen molar-refractivity contribution in [1.82, 2.24) is 10.2 Å². The smallest absolute Gasteiger partial charge is 0.151 e. The van der Waals surface area contributed by atoms with Crippen molar-refractivity contribution >= 4 is 11.6 Å². The van der Waals surface area contributed by atoms with Crippen LogP contribution in [0.4, 0.5) is 0 Å². The van der Waals surface area contributed by atoms with Crippen LogP contribution in [-0.2, 0) is 6.42 Å². The van der Waals surface area contributed by atoms with Gasteiger partial charge in [-0.2, -0.15) is 10.4 Å². The number of halogens is 1. The second-order valence-corrected chi connectivity index (χ2v) is 2.07. The predicted octanol–water partition coefficient (Wildman–Crippen LogP) is 1.20. The highest BCUT2D eigenvalue weighted by molar-refractivity contribution is 6.29. The third-order valence-corrected chi connectivity index (χ3v) is 1.15. The van der Waals surface area contributed by atoms with E-state index in [4.69, 9.17) is 16.9 Å². The van der Waals surface area contributed by atoms with Crippen LogP contribution in [0.5, 0.6) is 0 Å². The Bertz CT molecular complexity index is 249. The fourth-order valence-electron chi connectivity index (χ4n) is 0.519. The summed E-state index contributed by atoms with van der Waals surface area (Å²) in [4.78, 5) is 0. The first-order valence-corrected chi connectivity index (χ1v) is 3.06. The van der Waals surface area contributed by atoms with Gasteiger partial charge in [0.2, 0.25) is 0 Å². The zero-order valence-corrected chi connectivity index (χ0v) is 5.84. The average molecular weight is 154 g/mol. The van der Waals surface area contributed by atoms with Crippen molar-refractivity contribution in [3.8, 4) is 6.07 Å². The zero-order chi connectivity index (χ0) is 7.40. The Balaban J connectivity index is 2.81. The Kier molecular flexibility index (Phi) is 2.19. The molecule has 1 aromatic heterocycles. The predicted molar refractivity (Wildman–Crippen MR) is 36.4 cm³/mol. The van der Waals surface area contributed by atoms with Crippen LogP contribution in [0.3, 0.4) is 0 Å². The van der Waals surface area contributed by atoms with Gasteiger partial charge in [0.05, 0.1) is 18.2 Å². The number of aromatic nitrogens is 2. The zero-order valence-electron chi connectivity index (χ0n) is 5.08. The minimum atomic E-state index is 0.282. The molecule has 4 heteroatoms. The number of rotatable bonds is 1. The maximum atomic E-state index is 8.24. The highest BCUT2D eigenvalue weighted by atomic mass is 35.5. The number of nitriles is 1. The van der Waals surface area contributed by atoms with E-state index in [9.17, 15) is 0 Å². The summed E-state index contributed by atoms with van der Waals surface area (Å²) in [6.45, 7) is 0. The molecule has 0 spiro atoms. The van der Waals surface area contributed by atoms with Crippen LogP contribution in [0.1, 0.15) is 5.69 Å². The highest BCUT2D eigenvalue weighted by Gasteiger charge is 1.92. The Hall–Kier alpha value is -1.14. The van der Waals surface area contributed by atoms with E-state index in [1.54, 1.807) is 12.1 Å². The van der Waals surface area contributed by atoms with Crippen LogP contribution in [0, 0.1) is 11.3 Å². The lowest BCUT2D eigenvalue weighted by Gasteiger charge is -1.89. The van der Waals surface area contributed by atoms with Gasteiger partial charge >= 0.3 is 0 Å². The van der Waals surface area contributed by atoms with Crippen LogP contribution >= 0.6 is 11.6 Å². The van der Waals surface area contributed by atoms with Crippen LogP contribution in [0.25, 0.3) is 0 Å². The fourth-order valence-corrected chi connectivity index (χ4v) is 0.620. The first kappa shape index (κ1) is 6.97. The summed E-state index contributed by atoms with van der Waals surface area (Å²) in [5.41, 5.74) is 0.645. The van der Waals surface area contributed by atoms with E-state index in [-0.39, 0.29) is 6.42 Å². The molecule has 0 bridgehead atoms. The average Bonchev–Trinajstić information content (AvgIpc) is 1.95. The maximum absolute atomic E-state index is 8.24. The van der Waals surface area contributed by atoms with Gasteiger partial charge < -0.3 is 0 Å². The molecule has 1 heterocycles. The molecule has 1 aromatic rings. The molecule has 3 nitrogen and oxygen atoms in total. The van der Waals surface area contributed by atoms with Crippen molar-refractivity contribution in [3.63, 3.8) is 0 Å². The van der Waals surface area contributed by atoms with Gasteiger partial charge in [-0.3, -0.25) is 0 Å². The van der Waals surface area contributed by atoms with E-state index in [1.165, 1.54) is 0 Å². The quantitative estimate of drug-likeness (QED) is 0.609. The van der Waals surface area contributed by atoms with Crippen LogP contribution in [0.15, 0.2) is 12.1 Å². The van der Waals surface area contributed by atoms with E-state index < -0.39 is 0 Å². The molecule has 0 radical (unpaired) electrons. The number of hydrogen-bond donors (Lipinski definition) is 0. The largest absolute Gasteiger partial charge is 0.198 e. The van der Waals surface area contributed by atoms with Gasteiger partial charge in [-0.1, -0.05) is 11.6 Å². The topological polar surface area (TPSA) is 49.6 Å². The van der Waals surface area contributed by atoms with Gasteiger partial charge in [0.1, 0.15) is 0 Å². The minimum absolute atomic E-state index is 0.282. The molecule has 0 aliphatic rings. The normalized spacial score (nSPS) is 8.80. The summed E-state index contributed by atoms with van der Waals surface area (Å²) < 4.78 is 0. The van der Waals surface area contributed by atoms with Crippen molar-refractivity contribution in [2.45, 2.75) is 6.42 Å². The Morgan fingerprint density at radius 1 is 1.50 bits per heavy atom. The first-order valence-electron chi connectivity index (χ1n) is 2.68. The van der Waals surface area contributed by atoms with Gasteiger partial charge in [-0.15, -0.1) is 5.10 Å². The van der Waals surface area contributed by atoms with Gasteiger partial charge in [0.25, 0.3) is 0 Å². The van der Waals surface area contributed by atoms with Crippen molar-refractivity contribution in [1.29, 1.82) is 5.26 Å². The van der Waals surface area contributed by atoms with Crippen LogP contribution < -0.4 is 0 Å². The molecule has 0 aliphatic heterocycles. The summed E-state index contributed by atoms with van der Waals surface area (Å²) in [6.07, 6.45) is 0.282. The summed E-state index contributed by atoms with van der Waals surface area (Å²) in [5, 5.41) is 15.8. The number of hydrogen-bond acceptors (Lipinski definition) is 3. The third kappa shape index (κ3) is 1.67. The van der Waals surface area contributed by atoms with Crippen molar-refractivity contribution in [3.05, 3.63) is 23.0 Å². The summed E-state index contributed by atoms with van der Waals surface area (Å²) in [6, 6.07) is 5.25. The van der Waals surface area contributed by atoms with Gasteiger partial charge in [-0.25, -0.2) is 0 Å². The lowest BCUT2D eigenvalue weighted by atomic mass is 10.3. The lowest BCUT2D eigenvalue weighted by Crippen LogP contribution is -1.89. The standard InChI is InChI=1S/C6H4ClN3/c7-6-2-1-5(3-4-8)9-10-6/h1-2H,3H2. The van der Waals surface area contributed by atoms with E-state index >= 15 is 0 Å². The molecule has 0 unspecified atom stereocenters. The van der Waals surface area contributed by atoms with Crippen LogP contribution in [0.2, 0.25) is 5.15 Å². The number of nitrogens with zero attached hydrogens (tertiary/aromatic N) is 3. The van der Waals surface area contributed by atoms with Gasteiger partial charge in [-0.05, 0) is 12.1 Å². The molecule has 0 aromatic carbocycles. The second-order valence-electron chi connectivity index (χ2n) is 1.68.